The van der Waals surface area contributed by atoms with Crippen molar-refractivity contribution in [2.24, 2.45) is 5.92 Å². The van der Waals surface area contributed by atoms with Crippen LogP contribution in [-0.2, 0) is 20.7 Å². The Hall–Kier alpha value is -4.21. The number of nitrogens with two attached hydrogens (primary N) is 1. The van der Waals surface area contributed by atoms with Gasteiger partial charge in [0.25, 0.3) is 5.91 Å². The molecule has 0 aliphatic carbocycles. The average molecular weight is 603 g/mol. The second kappa shape index (κ2) is 15.0. The quantitative estimate of drug-likeness (QED) is 0.178. The zero-order valence-electron chi connectivity index (χ0n) is 26.4. The number of anilines is 3. The zero-order chi connectivity index (χ0) is 31.7. The van der Waals surface area contributed by atoms with Crippen molar-refractivity contribution in [2.75, 3.05) is 35.6 Å². The molecule has 4 N–H and O–H groups in total. The Bertz CT molecular complexity index is 1440. The topological polar surface area (TPSA) is 140 Å². The van der Waals surface area contributed by atoms with E-state index >= 15 is 0 Å². The van der Waals surface area contributed by atoms with E-state index in [-0.39, 0.29) is 30.1 Å². The van der Waals surface area contributed by atoms with Crippen molar-refractivity contribution in [2.45, 2.75) is 84.7 Å². The zero-order valence-corrected chi connectivity index (χ0v) is 26.4. The summed E-state index contributed by atoms with van der Waals surface area (Å²) in [6.07, 6.45) is 8.22. The Kier molecular flexibility index (Phi) is 11.1. The second-order valence-corrected chi connectivity index (χ2v) is 12.5. The molecule has 1 fully saturated rings. The van der Waals surface area contributed by atoms with Gasteiger partial charge in [0.05, 0.1) is 17.4 Å². The molecule has 10 nitrogen and oxygen atoms in total. The summed E-state index contributed by atoms with van der Waals surface area (Å²) < 4.78 is 5.30. The second-order valence-electron chi connectivity index (χ2n) is 12.5. The molecule has 2 amide bonds. The number of hydrogen-bond acceptors (Lipinski definition) is 8. The fraction of sp³-hybridized carbons (Fsp3) is 0.500. The van der Waals surface area contributed by atoms with E-state index in [1.807, 2.05) is 39.0 Å². The highest BCUT2D eigenvalue weighted by Crippen LogP contribution is 2.25. The van der Waals surface area contributed by atoms with Crippen molar-refractivity contribution >= 4 is 46.0 Å². The average Bonchev–Trinajstić information content (AvgIpc) is 2.99. The molecule has 1 aromatic carbocycles. The van der Waals surface area contributed by atoms with Crippen LogP contribution in [0.4, 0.5) is 17.3 Å². The van der Waals surface area contributed by atoms with E-state index in [0.29, 0.717) is 48.6 Å². The molecule has 0 saturated carbocycles. The molecule has 1 aliphatic rings. The number of nitrogens with one attached hydrogen (secondary N) is 2. The summed E-state index contributed by atoms with van der Waals surface area (Å²) in [5.74, 6) is 0.794. The molecule has 236 valence electrons. The molecular weight excluding hydrogens is 556 g/mol. The van der Waals surface area contributed by atoms with E-state index in [0.717, 1.165) is 55.3 Å². The highest BCUT2D eigenvalue weighted by atomic mass is 16.6. The third-order valence-electron chi connectivity index (χ3n) is 7.71. The van der Waals surface area contributed by atoms with Gasteiger partial charge in [-0.05, 0) is 88.8 Å². The maximum absolute atomic E-state index is 13.0. The molecule has 3 aromatic rings. The molecule has 2 aromatic heterocycles. The number of aromatic nitrogens is 2. The fourth-order valence-corrected chi connectivity index (χ4v) is 5.33. The van der Waals surface area contributed by atoms with Gasteiger partial charge < -0.3 is 26.0 Å². The number of hydrogen-bond donors (Lipinski definition) is 3. The number of carbonyl (C=O) groups is 3. The van der Waals surface area contributed by atoms with E-state index in [1.54, 1.807) is 18.3 Å². The lowest BCUT2D eigenvalue weighted by atomic mass is 9.96. The Morgan fingerprint density at radius 1 is 1.05 bits per heavy atom. The number of rotatable bonds is 12. The number of carbonyl (C=O) groups excluding carboxylic acids is 3. The SMILES string of the molecule is CCCCCc1cc2ccc(C(=O)Nc3ccc(N4CCC(C(=O)NCCCC(=O)OC(C)(C)C)CC4)nc3)cc2nc1N. The van der Waals surface area contributed by atoms with Gasteiger partial charge >= 0.3 is 5.97 Å². The van der Waals surface area contributed by atoms with Crippen LogP contribution in [0, 0.1) is 5.92 Å². The normalized spacial score (nSPS) is 14.0. The summed E-state index contributed by atoms with van der Waals surface area (Å²) in [7, 11) is 0. The third-order valence-corrected chi connectivity index (χ3v) is 7.71. The highest BCUT2D eigenvalue weighted by Gasteiger charge is 2.25. The number of fused-ring (bicyclic) bond motifs is 1. The number of amides is 2. The van der Waals surface area contributed by atoms with Crippen LogP contribution in [0.25, 0.3) is 10.9 Å². The number of piperidine rings is 1. The van der Waals surface area contributed by atoms with E-state index in [9.17, 15) is 14.4 Å². The first-order valence-electron chi connectivity index (χ1n) is 15.7. The Labute approximate surface area is 260 Å². The van der Waals surface area contributed by atoms with Gasteiger partial charge in [-0.2, -0.15) is 0 Å². The van der Waals surface area contributed by atoms with Crippen LogP contribution in [-0.4, -0.2) is 53.0 Å². The van der Waals surface area contributed by atoms with Gasteiger partial charge in [0.2, 0.25) is 5.91 Å². The van der Waals surface area contributed by atoms with Crippen LogP contribution in [0.3, 0.4) is 0 Å². The molecule has 1 aliphatic heterocycles. The number of nitrogen functional groups attached to an aromatic ring is 1. The lowest BCUT2D eigenvalue weighted by Crippen LogP contribution is -2.41. The van der Waals surface area contributed by atoms with Crippen molar-refractivity contribution < 1.29 is 19.1 Å². The number of benzene rings is 1. The van der Waals surface area contributed by atoms with Gasteiger partial charge in [0.1, 0.15) is 17.2 Å². The summed E-state index contributed by atoms with van der Waals surface area (Å²) in [4.78, 5) is 48.7. The molecule has 44 heavy (non-hydrogen) atoms. The van der Waals surface area contributed by atoms with Gasteiger partial charge in [0, 0.05) is 42.9 Å². The van der Waals surface area contributed by atoms with Crippen molar-refractivity contribution in [1.29, 1.82) is 0 Å². The van der Waals surface area contributed by atoms with Crippen LogP contribution in [0.2, 0.25) is 0 Å². The van der Waals surface area contributed by atoms with Gasteiger partial charge in [-0.1, -0.05) is 25.8 Å². The number of pyridine rings is 2. The Balaban J connectivity index is 1.23. The first-order chi connectivity index (χ1) is 21.0. The Morgan fingerprint density at radius 3 is 2.50 bits per heavy atom. The van der Waals surface area contributed by atoms with Gasteiger partial charge in [-0.15, -0.1) is 0 Å². The van der Waals surface area contributed by atoms with Crippen molar-refractivity contribution in [3.63, 3.8) is 0 Å². The van der Waals surface area contributed by atoms with Crippen LogP contribution < -0.4 is 21.3 Å². The van der Waals surface area contributed by atoms with Crippen LogP contribution in [0.1, 0.15) is 88.6 Å². The maximum Gasteiger partial charge on any atom is 0.306 e. The van der Waals surface area contributed by atoms with Crippen LogP contribution in [0.5, 0.6) is 0 Å². The molecular formula is C34H46N6O4. The number of ether oxygens (including phenoxy) is 1. The third kappa shape index (κ3) is 9.39. The van der Waals surface area contributed by atoms with Crippen molar-refractivity contribution in [3.8, 4) is 0 Å². The Morgan fingerprint density at radius 2 is 1.82 bits per heavy atom. The molecule has 0 unspecified atom stereocenters. The van der Waals surface area contributed by atoms with E-state index in [1.165, 1.54) is 0 Å². The minimum absolute atomic E-state index is 0.0267. The summed E-state index contributed by atoms with van der Waals surface area (Å²) in [6, 6.07) is 11.3. The monoisotopic (exact) mass is 602 g/mol. The van der Waals surface area contributed by atoms with Crippen LogP contribution >= 0.6 is 0 Å². The largest absolute Gasteiger partial charge is 0.460 e. The molecule has 0 radical (unpaired) electrons. The molecule has 3 heterocycles. The van der Waals surface area contributed by atoms with Gasteiger partial charge in [-0.25, -0.2) is 9.97 Å². The minimum Gasteiger partial charge on any atom is -0.460 e. The molecule has 1 saturated heterocycles. The molecule has 4 rings (SSSR count). The standard InChI is InChI=1S/C34H46N6O4/c1-5-6-7-9-25-20-24-11-12-26(21-28(24)39-31(25)35)33(43)38-27-13-14-29(37-22-27)40-18-15-23(16-19-40)32(42)36-17-8-10-30(41)44-34(2,3)4/h11-14,20-23H,5-10,15-19H2,1-4H3,(H2,35,39)(H,36,42)(H,38,43). The number of unbranched alkanes of at least 4 members (excludes halogenated alkanes) is 2. The molecule has 0 bridgehead atoms. The summed E-state index contributed by atoms with van der Waals surface area (Å²) in [5, 5.41) is 6.84. The highest BCUT2D eigenvalue weighted by molar-refractivity contribution is 6.06. The van der Waals surface area contributed by atoms with Crippen LogP contribution in [0.15, 0.2) is 42.6 Å². The number of nitrogens with zero attached hydrogens (tertiary/aromatic N) is 3. The molecule has 0 spiro atoms. The summed E-state index contributed by atoms with van der Waals surface area (Å²) >= 11 is 0. The predicted octanol–water partition coefficient (Wildman–Crippen LogP) is 5.65. The number of aryl methyl sites for hydroxylation is 1. The number of esters is 1. The van der Waals surface area contributed by atoms with E-state index in [4.69, 9.17) is 10.5 Å². The summed E-state index contributed by atoms with van der Waals surface area (Å²) in [5.41, 5.74) is 8.55. The van der Waals surface area contributed by atoms with Crippen molar-refractivity contribution in [3.05, 3.63) is 53.7 Å². The lowest BCUT2D eigenvalue weighted by Gasteiger charge is -2.32. The molecule has 10 heteroatoms. The van der Waals surface area contributed by atoms with E-state index < -0.39 is 5.60 Å². The van der Waals surface area contributed by atoms with Gasteiger partial charge in [-0.3, -0.25) is 14.4 Å². The van der Waals surface area contributed by atoms with Crippen molar-refractivity contribution in [1.82, 2.24) is 15.3 Å². The maximum atomic E-state index is 13.0. The first kappa shape index (κ1) is 32.7. The smallest absolute Gasteiger partial charge is 0.306 e. The van der Waals surface area contributed by atoms with E-state index in [2.05, 4.69) is 38.5 Å². The van der Waals surface area contributed by atoms with Gasteiger partial charge in [0.15, 0.2) is 0 Å². The summed E-state index contributed by atoms with van der Waals surface area (Å²) in [6.45, 7) is 9.57. The lowest BCUT2D eigenvalue weighted by molar-refractivity contribution is -0.155. The fourth-order valence-electron chi connectivity index (χ4n) is 5.33. The minimum atomic E-state index is -0.499. The predicted molar refractivity (Wildman–Crippen MR) is 175 cm³/mol. The molecule has 0 atom stereocenters. The first-order valence-corrected chi connectivity index (χ1v) is 15.7.